The number of rotatable bonds is 13. The van der Waals surface area contributed by atoms with Crippen LogP contribution in [-0.4, -0.2) is 0 Å². The van der Waals surface area contributed by atoms with Gasteiger partial charge in [-0.15, -0.1) is 0 Å². The molecule has 1 fully saturated rings. The molecule has 1 aliphatic carbocycles. The van der Waals surface area contributed by atoms with E-state index >= 15 is 0 Å². The molecule has 0 unspecified atom stereocenters. The third-order valence-corrected chi connectivity index (χ3v) is 8.86. The van der Waals surface area contributed by atoms with Crippen LogP contribution in [0.1, 0.15) is 105 Å². The van der Waals surface area contributed by atoms with Gasteiger partial charge < -0.3 is 0 Å². The number of benzene rings is 3. The zero-order valence-electron chi connectivity index (χ0n) is 23.3. The molecule has 0 radical (unpaired) electrons. The number of halogens is 4. The smallest absolute Gasteiger partial charge is 0.142 e. The Hall–Kier alpha value is -2.26. The highest BCUT2D eigenvalue weighted by atomic mass is 35.5. The molecule has 0 bridgehead atoms. The zero-order chi connectivity index (χ0) is 27.6. The van der Waals surface area contributed by atoms with Crippen molar-refractivity contribution in [2.24, 2.45) is 5.92 Å². The van der Waals surface area contributed by atoms with Gasteiger partial charge in [0.2, 0.25) is 0 Å². The van der Waals surface area contributed by atoms with E-state index in [4.69, 9.17) is 11.6 Å². The summed E-state index contributed by atoms with van der Waals surface area (Å²) in [6.07, 6.45) is 14.7. The molecule has 3 aromatic carbocycles. The van der Waals surface area contributed by atoms with Crippen molar-refractivity contribution in [1.82, 2.24) is 0 Å². The van der Waals surface area contributed by atoms with Gasteiger partial charge in [0.15, 0.2) is 0 Å². The van der Waals surface area contributed by atoms with Gasteiger partial charge in [0.05, 0.1) is 5.02 Å². The number of aryl methyl sites for hydroxylation is 3. The van der Waals surface area contributed by atoms with Crippen molar-refractivity contribution in [3.05, 3.63) is 105 Å². The zero-order valence-corrected chi connectivity index (χ0v) is 24.0. The monoisotopic (exact) mass is 554 g/mol. The summed E-state index contributed by atoms with van der Waals surface area (Å²) in [5, 5.41) is 0.0476. The summed E-state index contributed by atoms with van der Waals surface area (Å²) >= 11 is 5.72. The fourth-order valence-electron chi connectivity index (χ4n) is 6.05. The summed E-state index contributed by atoms with van der Waals surface area (Å²) in [4.78, 5) is 0. The van der Waals surface area contributed by atoms with Crippen LogP contribution < -0.4 is 0 Å². The van der Waals surface area contributed by atoms with E-state index in [-0.39, 0.29) is 17.0 Å². The molecule has 1 aliphatic rings. The van der Waals surface area contributed by atoms with Crippen molar-refractivity contribution in [1.29, 1.82) is 0 Å². The van der Waals surface area contributed by atoms with Crippen LogP contribution in [0, 0.1) is 23.4 Å². The van der Waals surface area contributed by atoms with Crippen molar-refractivity contribution in [3.63, 3.8) is 0 Å². The molecule has 0 spiro atoms. The lowest BCUT2D eigenvalue weighted by molar-refractivity contribution is 0.310. The van der Waals surface area contributed by atoms with Crippen molar-refractivity contribution in [2.75, 3.05) is 0 Å². The third kappa shape index (κ3) is 8.87. The molecule has 0 N–H and O–H groups in total. The van der Waals surface area contributed by atoms with Gasteiger partial charge in [-0.05, 0) is 123 Å². The minimum absolute atomic E-state index is 0.0476. The van der Waals surface area contributed by atoms with Gasteiger partial charge in [0.1, 0.15) is 17.5 Å². The molecule has 0 aromatic heterocycles. The van der Waals surface area contributed by atoms with E-state index < -0.39 is 17.5 Å². The Morgan fingerprint density at radius 3 is 1.95 bits per heavy atom. The van der Waals surface area contributed by atoms with Crippen LogP contribution in [0.15, 0.2) is 54.6 Å². The molecule has 0 heterocycles. The predicted molar refractivity (Wildman–Crippen MR) is 157 cm³/mol. The van der Waals surface area contributed by atoms with Gasteiger partial charge in [-0.1, -0.05) is 74.5 Å². The maximum Gasteiger partial charge on any atom is 0.142 e. The molecular weight excluding hydrogens is 513 g/mol. The summed E-state index contributed by atoms with van der Waals surface area (Å²) in [7, 11) is 0. The quantitative estimate of drug-likeness (QED) is 0.184. The number of hydrogen-bond donors (Lipinski definition) is 0. The van der Waals surface area contributed by atoms with Crippen molar-refractivity contribution in [3.8, 4) is 0 Å². The maximum atomic E-state index is 14.8. The van der Waals surface area contributed by atoms with Gasteiger partial charge in [-0.3, -0.25) is 0 Å². The summed E-state index contributed by atoms with van der Waals surface area (Å²) < 4.78 is 43.2. The normalized spacial score (nSPS) is 17.5. The van der Waals surface area contributed by atoms with Crippen molar-refractivity contribution < 1.29 is 13.2 Å². The van der Waals surface area contributed by atoms with Gasteiger partial charge in [0.25, 0.3) is 0 Å². The standard InChI is InChI=1S/C35H42ClF3/c1-2-3-4-5-6-7-25-10-16-29(17-11-25)30-18-12-26(13-19-30)8-9-28-23-33(37)31(34(38)24-28)20-14-27-15-21-32(36)35(39)22-27/h10-11,15-17,21-24,26,30H,2-9,12-14,18-20H2,1H3. The van der Waals surface area contributed by atoms with Gasteiger partial charge in [-0.25, -0.2) is 13.2 Å². The largest absolute Gasteiger partial charge is 0.207 e. The predicted octanol–water partition coefficient (Wildman–Crippen LogP) is 11.0. The van der Waals surface area contributed by atoms with E-state index in [0.717, 1.165) is 12.0 Å². The first kappa shape index (κ1) is 29.7. The Labute approximate surface area is 238 Å². The van der Waals surface area contributed by atoms with Gasteiger partial charge in [-0.2, -0.15) is 0 Å². The molecule has 0 nitrogen and oxygen atoms in total. The van der Waals surface area contributed by atoms with E-state index in [1.54, 1.807) is 6.07 Å². The molecule has 0 atom stereocenters. The van der Waals surface area contributed by atoms with Crippen molar-refractivity contribution >= 4 is 11.6 Å². The van der Waals surface area contributed by atoms with E-state index in [0.29, 0.717) is 30.2 Å². The molecule has 4 heteroatoms. The first-order valence-electron chi connectivity index (χ1n) is 14.9. The summed E-state index contributed by atoms with van der Waals surface area (Å²) in [6.45, 7) is 2.25. The topological polar surface area (TPSA) is 0 Å². The van der Waals surface area contributed by atoms with Crippen LogP contribution in [0.2, 0.25) is 5.02 Å². The van der Waals surface area contributed by atoms with Crippen LogP contribution >= 0.6 is 11.6 Å². The fraction of sp³-hybridized carbons (Fsp3) is 0.486. The minimum Gasteiger partial charge on any atom is -0.207 e. The summed E-state index contributed by atoms with van der Waals surface area (Å²) in [6, 6.07) is 16.8. The van der Waals surface area contributed by atoms with E-state index in [1.807, 2.05) is 0 Å². The highest BCUT2D eigenvalue weighted by Gasteiger charge is 2.22. The molecule has 0 amide bonds. The third-order valence-electron chi connectivity index (χ3n) is 8.56. The second-order valence-electron chi connectivity index (χ2n) is 11.4. The first-order chi connectivity index (χ1) is 18.9. The number of hydrogen-bond acceptors (Lipinski definition) is 0. The highest BCUT2D eigenvalue weighted by molar-refractivity contribution is 6.30. The van der Waals surface area contributed by atoms with Crippen LogP contribution in [-0.2, 0) is 25.7 Å². The van der Waals surface area contributed by atoms with Crippen LogP contribution in [0.3, 0.4) is 0 Å². The average Bonchev–Trinajstić information content (AvgIpc) is 2.94. The van der Waals surface area contributed by atoms with Gasteiger partial charge >= 0.3 is 0 Å². The number of unbranched alkanes of at least 4 members (excludes halogenated alkanes) is 4. The van der Waals surface area contributed by atoms with E-state index in [1.165, 1.54) is 99.6 Å². The molecular formula is C35H42ClF3. The van der Waals surface area contributed by atoms with Gasteiger partial charge in [0, 0.05) is 5.56 Å². The Kier molecular flexibility index (Phi) is 11.4. The average molecular weight is 555 g/mol. The fourth-order valence-corrected chi connectivity index (χ4v) is 6.17. The molecule has 1 saturated carbocycles. The molecule has 0 aliphatic heterocycles. The lowest BCUT2D eigenvalue weighted by Gasteiger charge is -2.29. The van der Waals surface area contributed by atoms with E-state index in [9.17, 15) is 13.2 Å². The second-order valence-corrected chi connectivity index (χ2v) is 11.9. The Morgan fingerprint density at radius 2 is 1.28 bits per heavy atom. The summed E-state index contributed by atoms with van der Waals surface area (Å²) in [5.74, 6) is -0.293. The van der Waals surface area contributed by atoms with E-state index in [2.05, 4.69) is 31.2 Å². The van der Waals surface area contributed by atoms with Crippen LogP contribution in [0.25, 0.3) is 0 Å². The first-order valence-corrected chi connectivity index (χ1v) is 15.3. The Morgan fingerprint density at radius 1 is 0.641 bits per heavy atom. The summed E-state index contributed by atoms with van der Waals surface area (Å²) in [5.41, 5.74) is 4.37. The Balaban J connectivity index is 1.21. The maximum absolute atomic E-state index is 14.8. The Bertz CT molecular complexity index is 1160. The molecule has 3 aromatic rings. The molecule has 39 heavy (non-hydrogen) atoms. The minimum atomic E-state index is -0.513. The van der Waals surface area contributed by atoms with Crippen LogP contribution in [0.5, 0.6) is 0 Å². The van der Waals surface area contributed by atoms with Crippen molar-refractivity contribution in [2.45, 2.75) is 103 Å². The molecule has 210 valence electrons. The lowest BCUT2D eigenvalue weighted by atomic mass is 9.76. The van der Waals surface area contributed by atoms with Crippen LogP contribution in [0.4, 0.5) is 13.2 Å². The SMILES string of the molecule is CCCCCCCc1ccc(C2CCC(CCc3cc(F)c(CCc4ccc(Cl)c(F)c4)c(F)c3)CC2)cc1. The highest BCUT2D eigenvalue weighted by Crippen LogP contribution is 2.38. The second kappa shape index (κ2) is 14.9. The molecule has 0 saturated heterocycles. The molecule has 4 rings (SSSR count). The lowest BCUT2D eigenvalue weighted by Crippen LogP contribution is -2.14.